The Bertz CT molecular complexity index is 410. The lowest BCUT2D eigenvalue weighted by Crippen LogP contribution is -2.24. The molecule has 1 unspecified atom stereocenters. The maximum Gasteiger partial charge on any atom is 0.312 e. The third-order valence-electron chi connectivity index (χ3n) is 2.05. The van der Waals surface area contributed by atoms with Gasteiger partial charge in [0, 0.05) is 18.2 Å². The molecule has 4 nitrogen and oxygen atoms in total. The summed E-state index contributed by atoms with van der Waals surface area (Å²) < 4.78 is 39.3. The van der Waals surface area contributed by atoms with Gasteiger partial charge in [-0.3, -0.25) is 4.79 Å². The number of rotatable bonds is 3. The van der Waals surface area contributed by atoms with E-state index in [4.69, 9.17) is 15.9 Å². The smallest absolute Gasteiger partial charge is 0.312 e. The lowest BCUT2D eigenvalue weighted by Gasteiger charge is -2.13. The Kier molecular flexibility index (Phi) is 3.38. The van der Waals surface area contributed by atoms with Gasteiger partial charge in [0.05, 0.1) is 5.92 Å². The molecular weight excluding hydrogens is 227 g/mol. The molecule has 0 radical (unpaired) electrons. The molecule has 0 spiro atoms. The van der Waals surface area contributed by atoms with E-state index in [1.165, 1.54) is 0 Å². The van der Waals surface area contributed by atoms with Crippen LogP contribution in [0.2, 0.25) is 0 Å². The molecule has 0 aliphatic carbocycles. The van der Waals surface area contributed by atoms with Crippen LogP contribution < -0.4 is 5.73 Å². The van der Waals surface area contributed by atoms with Crippen molar-refractivity contribution >= 4 is 5.97 Å². The van der Waals surface area contributed by atoms with Crippen molar-refractivity contribution < 1.29 is 28.2 Å². The van der Waals surface area contributed by atoms with E-state index in [0.717, 1.165) is 0 Å². The highest BCUT2D eigenvalue weighted by atomic mass is 19.2. The molecule has 7 heteroatoms. The summed E-state index contributed by atoms with van der Waals surface area (Å²) in [5, 5.41) is 17.6. The highest BCUT2D eigenvalue weighted by Gasteiger charge is 2.29. The van der Waals surface area contributed by atoms with Crippen LogP contribution in [0.5, 0.6) is 5.75 Å². The summed E-state index contributed by atoms with van der Waals surface area (Å²) in [5.41, 5.74) is 3.95. The highest BCUT2D eigenvalue weighted by molar-refractivity contribution is 5.76. The molecule has 0 aromatic heterocycles. The van der Waals surface area contributed by atoms with E-state index in [1.807, 2.05) is 0 Å². The molecule has 0 bridgehead atoms. The van der Waals surface area contributed by atoms with Crippen molar-refractivity contribution in [1.82, 2.24) is 0 Å². The Morgan fingerprint density at radius 1 is 1.38 bits per heavy atom. The average molecular weight is 235 g/mol. The van der Waals surface area contributed by atoms with Crippen molar-refractivity contribution in [3.63, 3.8) is 0 Å². The summed E-state index contributed by atoms with van der Waals surface area (Å²) in [6.45, 7) is -0.619. The molecule has 88 valence electrons. The van der Waals surface area contributed by atoms with Crippen molar-refractivity contribution in [3.05, 3.63) is 29.1 Å². The number of phenolic OH excluding ortho intramolecular Hbond substituents is 1. The topological polar surface area (TPSA) is 83.6 Å². The standard InChI is InChI=1S/C9H8F3NO3/c10-4-1-5(14)8(12)6(7(4)11)3(2-13)9(15)16/h1,3,14H,2,13H2,(H,15,16). The molecule has 0 saturated heterocycles. The van der Waals surface area contributed by atoms with Gasteiger partial charge in [-0.15, -0.1) is 0 Å². The number of nitrogens with two attached hydrogens (primary N) is 1. The summed E-state index contributed by atoms with van der Waals surface area (Å²) in [5.74, 6) is -9.22. The first-order chi connectivity index (χ1) is 7.40. The molecule has 1 aromatic carbocycles. The molecule has 0 aliphatic rings. The molecule has 0 saturated carbocycles. The summed E-state index contributed by atoms with van der Waals surface area (Å²) in [4.78, 5) is 10.6. The predicted octanol–water partition coefficient (Wildman–Crippen LogP) is 0.936. The molecular formula is C9H8F3NO3. The fourth-order valence-corrected chi connectivity index (χ4v) is 1.26. The fraction of sp³-hybridized carbons (Fsp3) is 0.222. The fourth-order valence-electron chi connectivity index (χ4n) is 1.26. The van der Waals surface area contributed by atoms with E-state index < -0.39 is 47.2 Å². The zero-order chi connectivity index (χ0) is 12.5. The zero-order valence-corrected chi connectivity index (χ0v) is 7.88. The SMILES string of the molecule is NCC(C(=O)O)c1c(F)c(O)cc(F)c1F. The third kappa shape index (κ3) is 1.94. The van der Waals surface area contributed by atoms with Gasteiger partial charge in [-0.05, 0) is 0 Å². The number of carboxylic acids is 1. The molecule has 0 fully saturated rings. The minimum atomic E-state index is -1.75. The van der Waals surface area contributed by atoms with Crippen molar-refractivity contribution in [2.45, 2.75) is 5.92 Å². The van der Waals surface area contributed by atoms with Crippen molar-refractivity contribution in [2.75, 3.05) is 6.54 Å². The molecule has 1 rings (SSSR count). The van der Waals surface area contributed by atoms with Crippen LogP contribution in [-0.2, 0) is 4.79 Å². The lowest BCUT2D eigenvalue weighted by molar-refractivity contribution is -0.138. The highest BCUT2D eigenvalue weighted by Crippen LogP contribution is 2.30. The number of halogens is 3. The number of hydrogen-bond acceptors (Lipinski definition) is 3. The Hall–Kier alpha value is -1.76. The molecule has 1 aromatic rings. The number of carbonyl (C=O) groups is 1. The van der Waals surface area contributed by atoms with E-state index in [-0.39, 0.29) is 6.07 Å². The van der Waals surface area contributed by atoms with Crippen LogP contribution >= 0.6 is 0 Å². The van der Waals surface area contributed by atoms with E-state index in [0.29, 0.717) is 0 Å². The molecule has 1 atom stereocenters. The first kappa shape index (κ1) is 12.3. The van der Waals surface area contributed by atoms with Crippen molar-refractivity contribution in [3.8, 4) is 5.75 Å². The molecule has 16 heavy (non-hydrogen) atoms. The third-order valence-corrected chi connectivity index (χ3v) is 2.05. The Labute approximate surface area is 88.1 Å². The molecule has 0 aliphatic heterocycles. The first-order valence-corrected chi connectivity index (χ1v) is 4.19. The number of aromatic hydroxyl groups is 1. The number of benzene rings is 1. The van der Waals surface area contributed by atoms with Gasteiger partial charge in [0.2, 0.25) is 0 Å². The van der Waals surface area contributed by atoms with Gasteiger partial charge in [-0.1, -0.05) is 0 Å². The minimum Gasteiger partial charge on any atom is -0.505 e. The van der Waals surface area contributed by atoms with Crippen LogP contribution in [0.1, 0.15) is 11.5 Å². The lowest BCUT2D eigenvalue weighted by atomic mass is 9.97. The number of carboxylic acid groups (broad SMARTS) is 1. The molecule has 0 heterocycles. The van der Waals surface area contributed by atoms with Gasteiger partial charge in [0.1, 0.15) is 0 Å². The van der Waals surface area contributed by atoms with Crippen molar-refractivity contribution in [2.24, 2.45) is 5.73 Å². The van der Waals surface area contributed by atoms with Crippen LogP contribution in [0, 0.1) is 17.5 Å². The summed E-state index contributed by atoms with van der Waals surface area (Å²) in [6, 6.07) is 0.226. The van der Waals surface area contributed by atoms with E-state index in [2.05, 4.69) is 0 Å². The molecule has 4 N–H and O–H groups in total. The van der Waals surface area contributed by atoms with Gasteiger partial charge in [0.15, 0.2) is 23.2 Å². The second-order valence-corrected chi connectivity index (χ2v) is 3.05. The Balaban J connectivity index is 3.47. The van der Waals surface area contributed by atoms with Crippen LogP contribution in [0.25, 0.3) is 0 Å². The van der Waals surface area contributed by atoms with Gasteiger partial charge >= 0.3 is 5.97 Å². The Morgan fingerprint density at radius 3 is 2.38 bits per heavy atom. The van der Waals surface area contributed by atoms with Gasteiger partial charge in [-0.25, -0.2) is 13.2 Å². The quantitative estimate of drug-likeness (QED) is 0.680. The van der Waals surface area contributed by atoms with Crippen molar-refractivity contribution in [1.29, 1.82) is 0 Å². The number of aliphatic carboxylic acids is 1. The Morgan fingerprint density at radius 2 is 1.94 bits per heavy atom. The van der Waals surface area contributed by atoms with Crippen LogP contribution in [0.3, 0.4) is 0 Å². The second-order valence-electron chi connectivity index (χ2n) is 3.05. The van der Waals surface area contributed by atoms with E-state index in [1.54, 1.807) is 0 Å². The van der Waals surface area contributed by atoms with E-state index >= 15 is 0 Å². The van der Waals surface area contributed by atoms with Crippen LogP contribution in [-0.4, -0.2) is 22.7 Å². The molecule has 0 amide bonds. The van der Waals surface area contributed by atoms with Gasteiger partial charge < -0.3 is 15.9 Å². The number of phenols is 1. The maximum atomic E-state index is 13.3. The summed E-state index contributed by atoms with van der Waals surface area (Å²) in [7, 11) is 0. The van der Waals surface area contributed by atoms with Crippen LogP contribution in [0.4, 0.5) is 13.2 Å². The first-order valence-electron chi connectivity index (χ1n) is 4.19. The average Bonchev–Trinajstić information content (AvgIpc) is 2.21. The zero-order valence-electron chi connectivity index (χ0n) is 7.88. The predicted molar refractivity (Wildman–Crippen MR) is 47.4 cm³/mol. The maximum absolute atomic E-state index is 13.3. The van der Waals surface area contributed by atoms with E-state index in [9.17, 15) is 18.0 Å². The second kappa shape index (κ2) is 4.40. The monoisotopic (exact) mass is 235 g/mol. The van der Waals surface area contributed by atoms with Gasteiger partial charge in [-0.2, -0.15) is 0 Å². The normalized spacial score (nSPS) is 12.5. The van der Waals surface area contributed by atoms with Gasteiger partial charge in [0.25, 0.3) is 0 Å². The van der Waals surface area contributed by atoms with Crippen LogP contribution in [0.15, 0.2) is 6.07 Å². The largest absolute Gasteiger partial charge is 0.505 e. The number of hydrogen-bond donors (Lipinski definition) is 3. The summed E-state index contributed by atoms with van der Waals surface area (Å²) in [6.07, 6.45) is 0. The minimum absolute atomic E-state index is 0.226. The summed E-state index contributed by atoms with van der Waals surface area (Å²) >= 11 is 0.